The van der Waals surface area contributed by atoms with Gasteiger partial charge in [0.25, 0.3) is 5.91 Å². The normalized spacial score (nSPS) is 13.7. The molecule has 0 atom stereocenters. The van der Waals surface area contributed by atoms with Crippen LogP contribution in [0.1, 0.15) is 17.5 Å². The van der Waals surface area contributed by atoms with Gasteiger partial charge in [0.2, 0.25) is 10.0 Å². The Morgan fingerprint density at radius 3 is 2.75 bits per heavy atom. The predicted molar refractivity (Wildman–Crippen MR) is 108 cm³/mol. The molecule has 1 N–H and O–H groups in total. The Bertz CT molecular complexity index is 959. The predicted octanol–water partition coefficient (Wildman–Crippen LogP) is 2.56. The van der Waals surface area contributed by atoms with Gasteiger partial charge in [-0.3, -0.25) is 9.52 Å². The number of amides is 1. The summed E-state index contributed by atoms with van der Waals surface area (Å²) in [7, 11) is -0.605. The molecule has 1 aliphatic rings. The molecule has 0 bridgehead atoms. The lowest BCUT2D eigenvalue weighted by atomic mass is 10.0. The number of ether oxygens (including phenoxy) is 2. The second-order valence-electron chi connectivity index (χ2n) is 6.64. The number of anilines is 2. The highest BCUT2D eigenvalue weighted by molar-refractivity contribution is 7.91. The van der Waals surface area contributed by atoms with Gasteiger partial charge < -0.3 is 14.4 Å². The minimum absolute atomic E-state index is 0.00870. The number of sulfonamides is 1. The minimum Gasteiger partial charge on any atom is -0.497 e. The number of rotatable bonds is 7. The number of aryl methyl sites for hydroxylation is 1. The van der Waals surface area contributed by atoms with E-state index in [-0.39, 0.29) is 18.3 Å². The number of carbonyl (C=O) groups excluding carboxylic acids is 1. The van der Waals surface area contributed by atoms with Crippen molar-refractivity contribution in [1.29, 1.82) is 0 Å². The highest BCUT2D eigenvalue weighted by Gasteiger charge is 2.23. The summed E-state index contributed by atoms with van der Waals surface area (Å²) in [6, 6.07) is 12.2. The van der Waals surface area contributed by atoms with Crippen LogP contribution in [-0.4, -0.2) is 41.7 Å². The zero-order chi connectivity index (χ0) is 20.1. The number of carbonyl (C=O) groups is 1. The van der Waals surface area contributed by atoms with Crippen molar-refractivity contribution in [2.24, 2.45) is 0 Å². The van der Waals surface area contributed by atoms with Gasteiger partial charge in [-0.2, -0.15) is 0 Å². The van der Waals surface area contributed by atoms with Gasteiger partial charge in [-0.05, 0) is 48.2 Å². The molecule has 1 aliphatic heterocycles. The summed E-state index contributed by atoms with van der Waals surface area (Å²) in [5, 5.41) is 0. The first-order chi connectivity index (χ1) is 13.4. The molecule has 0 saturated heterocycles. The van der Waals surface area contributed by atoms with Crippen LogP contribution in [0.4, 0.5) is 11.4 Å². The molecule has 0 unspecified atom stereocenters. The molecule has 150 valence electrons. The van der Waals surface area contributed by atoms with E-state index in [0.29, 0.717) is 23.5 Å². The molecule has 3 rings (SSSR count). The van der Waals surface area contributed by atoms with Crippen LogP contribution in [0.3, 0.4) is 0 Å². The minimum atomic E-state index is -3.62. The fourth-order valence-corrected chi connectivity index (χ4v) is 4.47. The average Bonchev–Trinajstić information content (AvgIpc) is 2.67. The van der Waals surface area contributed by atoms with E-state index < -0.39 is 10.0 Å². The van der Waals surface area contributed by atoms with Gasteiger partial charge in [0.05, 0.1) is 18.6 Å². The molecular weight excluding hydrogens is 380 g/mol. The zero-order valence-corrected chi connectivity index (χ0v) is 16.8. The first kappa shape index (κ1) is 20.2. The quantitative estimate of drug-likeness (QED) is 0.767. The molecule has 0 spiro atoms. The molecule has 0 aromatic heterocycles. The van der Waals surface area contributed by atoms with Gasteiger partial charge in [0.15, 0.2) is 0 Å². The van der Waals surface area contributed by atoms with Gasteiger partial charge in [0.1, 0.15) is 12.4 Å². The summed E-state index contributed by atoms with van der Waals surface area (Å²) < 4.78 is 37.9. The van der Waals surface area contributed by atoms with Gasteiger partial charge in [0, 0.05) is 19.3 Å². The third-order valence-corrected chi connectivity index (χ3v) is 5.80. The smallest absolute Gasteiger partial charge is 0.252 e. The van der Waals surface area contributed by atoms with Crippen molar-refractivity contribution in [3.05, 3.63) is 53.6 Å². The van der Waals surface area contributed by atoms with E-state index >= 15 is 0 Å². The van der Waals surface area contributed by atoms with Crippen molar-refractivity contribution in [3.8, 4) is 5.75 Å². The number of fused-ring (bicyclic) bond motifs is 1. The summed E-state index contributed by atoms with van der Waals surface area (Å²) in [6.45, 7) is 0.584. The molecule has 2 aromatic rings. The third kappa shape index (κ3) is 4.82. The number of benzene rings is 2. The monoisotopic (exact) mass is 404 g/mol. The van der Waals surface area contributed by atoms with Crippen molar-refractivity contribution in [2.75, 3.05) is 37.0 Å². The Kier molecular flexibility index (Phi) is 6.21. The summed E-state index contributed by atoms with van der Waals surface area (Å²) in [6.07, 6.45) is 1.71. The van der Waals surface area contributed by atoms with E-state index in [1.165, 1.54) is 14.2 Å². The standard InChI is InChI=1S/C20H24N2O5S/c1-26-13-20(23)22-10-4-6-16-8-9-17(12-19(16)22)21-28(24,25)14-15-5-3-7-18(11-15)27-2/h3,5,7-9,11-12,21H,4,6,10,13-14H2,1-2H3. The molecule has 7 nitrogen and oxygen atoms in total. The van der Waals surface area contributed by atoms with Crippen LogP contribution in [0.15, 0.2) is 42.5 Å². The fraction of sp³-hybridized carbons (Fsp3) is 0.350. The lowest BCUT2D eigenvalue weighted by molar-refractivity contribution is -0.122. The van der Waals surface area contributed by atoms with E-state index in [9.17, 15) is 13.2 Å². The van der Waals surface area contributed by atoms with Crippen molar-refractivity contribution in [3.63, 3.8) is 0 Å². The van der Waals surface area contributed by atoms with E-state index in [4.69, 9.17) is 9.47 Å². The van der Waals surface area contributed by atoms with Crippen LogP contribution < -0.4 is 14.4 Å². The van der Waals surface area contributed by atoms with Crippen molar-refractivity contribution >= 4 is 27.3 Å². The van der Waals surface area contributed by atoms with Gasteiger partial charge >= 0.3 is 0 Å². The Hall–Kier alpha value is -2.58. The number of hydrogen-bond acceptors (Lipinski definition) is 5. The molecule has 0 fully saturated rings. The van der Waals surface area contributed by atoms with E-state index in [1.54, 1.807) is 41.3 Å². The number of hydrogen-bond donors (Lipinski definition) is 1. The van der Waals surface area contributed by atoms with E-state index in [1.807, 2.05) is 6.07 Å². The second kappa shape index (κ2) is 8.62. The Labute approximate surface area is 165 Å². The molecule has 28 heavy (non-hydrogen) atoms. The summed E-state index contributed by atoms with van der Waals surface area (Å²) in [5.41, 5.74) is 2.81. The Morgan fingerprint density at radius 1 is 1.18 bits per heavy atom. The summed E-state index contributed by atoms with van der Waals surface area (Å²) in [4.78, 5) is 14.0. The molecule has 8 heteroatoms. The molecule has 0 aliphatic carbocycles. The molecule has 1 heterocycles. The average molecular weight is 404 g/mol. The third-order valence-electron chi connectivity index (χ3n) is 4.54. The first-order valence-corrected chi connectivity index (χ1v) is 10.6. The van der Waals surface area contributed by atoms with Crippen molar-refractivity contribution < 1.29 is 22.7 Å². The zero-order valence-electron chi connectivity index (χ0n) is 16.0. The Morgan fingerprint density at radius 2 is 2.00 bits per heavy atom. The lowest BCUT2D eigenvalue weighted by Crippen LogP contribution is -2.37. The van der Waals surface area contributed by atoms with Crippen LogP contribution in [-0.2, 0) is 31.7 Å². The summed E-state index contributed by atoms with van der Waals surface area (Å²) in [5.74, 6) is 0.293. The fourth-order valence-electron chi connectivity index (χ4n) is 3.30. The second-order valence-corrected chi connectivity index (χ2v) is 8.36. The molecule has 1 amide bonds. The SMILES string of the molecule is COCC(=O)N1CCCc2ccc(NS(=O)(=O)Cc3cccc(OC)c3)cc21. The van der Waals surface area contributed by atoms with Crippen LogP contribution >= 0.6 is 0 Å². The first-order valence-electron chi connectivity index (χ1n) is 8.97. The molecule has 0 radical (unpaired) electrons. The largest absolute Gasteiger partial charge is 0.497 e. The van der Waals surface area contributed by atoms with E-state index in [2.05, 4.69) is 4.72 Å². The number of nitrogens with zero attached hydrogens (tertiary/aromatic N) is 1. The van der Waals surface area contributed by atoms with E-state index in [0.717, 1.165) is 24.1 Å². The molecular formula is C20H24N2O5S. The highest BCUT2D eigenvalue weighted by atomic mass is 32.2. The van der Waals surface area contributed by atoms with Crippen LogP contribution in [0.5, 0.6) is 5.75 Å². The van der Waals surface area contributed by atoms with Crippen molar-refractivity contribution in [2.45, 2.75) is 18.6 Å². The van der Waals surface area contributed by atoms with Crippen molar-refractivity contribution in [1.82, 2.24) is 0 Å². The number of methoxy groups -OCH3 is 2. The lowest BCUT2D eigenvalue weighted by Gasteiger charge is -2.30. The maximum Gasteiger partial charge on any atom is 0.252 e. The molecule has 0 saturated carbocycles. The molecule has 2 aromatic carbocycles. The van der Waals surface area contributed by atoms with Gasteiger partial charge in [-0.15, -0.1) is 0 Å². The number of nitrogens with one attached hydrogen (secondary N) is 1. The maximum atomic E-state index is 12.6. The Balaban J connectivity index is 1.80. The van der Waals surface area contributed by atoms with Crippen LogP contribution in [0, 0.1) is 0 Å². The van der Waals surface area contributed by atoms with Gasteiger partial charge in [-0.25, -0.2) is 8.42 Å². The van der Waals surface area contributed by atoms with Crippen LogP contribution in [0.25, 0.3) is 0 Å². The summed E-state index contributed by atoms with van der Waals surface area (Å²) >= 11 is 0. The van der Waals surface area contributed by atoms with Gasteiger partial charge in [-0.1, -0.05) is 18.2 Å². The maximum absolute atomic E-state index is 12.6. The topological polar surface area (TPSA) is 84.9 Å². The van der Waals surface area contributed by atoms with Crippen LogP contribution in [0.2, 0.25) is 0 Å². The highest BCUT2D eigenvalue weighted by Crippen LogP contribution is 2.31.